The number of fused-ring (bicyclic) bond motifs is 1. The van der Waals surface area contributed by atoms with E-state index in [0.717, 1.165) is 43.3 Å². The highest BCUT2D eigenvalue weighted by Gasteiger charge is 2.46. The maximum absolute atomic E-state index is 13.1. The predicted molar refractivity (Wildman–Crippen MR) is 120 cm³/mol. The van der Waals surface area contributed by atoms with E-state index in [-0.39, 0.29) is 30.6 Å². The zero-order valence-corrected chi connectivity index (χ0v) is 18.6. The fourth-order valence-corrected chi connectivity index (χ4v) is 4.52. The Bertz CT molecular complexity index is 1140. The van der Waals surface area contributed by atoms with Crippen molar-refractivity contribution in [3.63, 3.8) is 0 Å². The largest absolute Gasteiger partial charge is 0.488 e. The van der Waals surface area contributed by atoms with Gasteiger partial charge in [-0.2, -0.15) is 0 Å². The number of nitrogens with one attached hydrogen (secondary N) is 1. The van der Waals surface area contributed by atoms with Crippen LogP contribution in [0.5, 0.6) is 5.75 Å². The van der Waals surface area contributed by atoms with Crippen molar-refractivity contribution in [3.8, 4) is 5.75 Å². The number of nitrogens with zero attached hydrogens (tertiary/aromatic N) is 2. The van der Waals surface area contributed by atoms with Crippen LogP contribution in [0.2, 0.25) is 0 Å². The van der Waals surface area contributed by atoms with Crippen molar-refractivity contribution >= 4 is 23.6 Å². The molecule has 34 heavy (non-hydrogen) atoms. The number of piperidine rings is 1. The highest BCUT2D eigenvalue weighted by Crippen LogP contribution is 2.34. The van der Waals surface area contributed by atoms with E-state index < -0.39 is 29.7 Å². The second-order valence-electron chi connectivity index (χ2n) is 8.62. The Hall–Kier alpha value is -3.56. The van der Waals surface area contributed by atoms with Crippen molar-refractivity contribution in [2.24, 2.45) is 0 Å². The fourth-order valence-electron chi connectivity index (χ4n) is 4.52. The second kappa shape index (κ2) is 9.36. The maximum Gasteiger partial charge on any atom is 0.266 e. The molecule has 4 amide bonds. The number of imide groups is 2. The SMILES string of the molecule is O=C1CC[C@@H](N2C(=O)c3cccc(OCc4ccc(CN5CCOCC5)cc4)c3C2=O)C(=O)N1. The van der Waals surface area contributed by atoms with E-state index in [4.69, 9.17) is 9.47 Å². The van der Waals surface area contributed by atoms with Crippen molar-refractivity contribution < 1.29 is 28.7 Å². The maximum atomic E-state index is 13.1. The van der Waals surface area contributed by atoms with Gasteiger partial charge in [-0.05, 0) is 29.7 Å². The van der Waals surface area contributed by atoms with Crippen molar-refractivity contribution in [2.75, 3.05) is 26.3 Å². The van der Waals surface area contributed by atoms with Crippen molar-refractivity contribution in [2.45, 2.75) is 32.0 Å². The third-order valence-electron chi connectivity index (χ3n) is 6.36. The van der Waals surface area contributed by atoms with Gasteiger partial charge in [0.15, 0.2) is 0 Å². The Labute approximate surface area is 196 Å². The summed E-state index contributed by atoms with van der Waals surface area (Å²) in [7, 11) is 0. The summed E-state index contributed by atoms with van der Waals surface area (Å²) >= 11 is 0. The van der Waals surface area contributed by atoms with Crippen molar-refractivity contribution in [1.82, 2.24) is 15.1 Å². The van der Waals surface area contributed by atoms with E-state index in [2.05, 4.69) is 22.3 Å². The molecule has 2 aromatic rings. The Morgan fingerprint density at radius 1 is 0.941 bits per heavy atom. The lowest BCUT2D eigenvalue weighted by molar-refractivity contribution is -0.136. The minimum atomic E-state index is -1.00. The molecule has 1 atom stereocenters. The van der Waals surface area contributed by atoms with Crippen LogP contribution in [-0.2, 0) is 27.5 Å². The second-order valence-corrected chi connectivity index (χ2v) is 8.62. The molecule has 5 rings (SSSR count). The Kier molecular flexibility index (Phi) is 6.12. The van der Waals surface area contributed by atoms with Gasteiger partial charge in [-0.3, -0.25) is 34.3 Å². The van der Waals surface area contributed by atoms with E-state index in [1.165, 1.54) is 5.56 Å². The van der Waals surface area contributed by atoms with E-state index in [0.29, 0.717) is 5.75 Å². The predicted octanol–water partition coefficient (Wildman–Crippen LogP) is 1.50. The zero-order chi connectivity index (χ0) is 23.7. The molecule has 3 heterocycles. The topological polar surface area (TPSA) is 105 Å². The number of hydrogen-bond donors (Lipinski definition) is 1. The van der Waals surface area contributed by atoms with Crippen LogP contribution in [0.4, 0.5) is 0 Å². The number of benzene rings is 2. The van der Waals surface area contributed by atoms with Crippen LogP contribution < -0.4 is 10.1 Å². The van der Waals surface area contributed by atoms with Crippen molar-refractivity contribution in [3.05, 3.63) is 64.7 Å². The fraction of sp³-hybridized carbons (Fsp3) is 0.360. The minimum absolute atomic E-state index is 0.0781. The normalized spacial score (nSPS) is 20.9. The Balaban J connectivity index is 1.27. The number of rotatable bonds is 6. The summed E-state index contributed by atoms with van der Waals surface area (Å²) < 4.78 is 11.3. The summed E-state index contributed by atoms with van der Waals surface area (Å²) in [5, 5.41) is 2.20. The zero-order valence-electron chi connectivity index (χ0n) is 18.6. The molecule has 9 heteroatoms. The lowest BCUT2D eigenvalue weighted by atomic mass is 10.0. The van der Waals surface area contributed by atoms with Crippen LogP contribution in [0.15, 0.2) is 42.5 Å². The van der Waals surface area contributed by atoms with Crippen LogP contribution in [-0.4, -0.2) is 65.8 Å². The molecule has 2 saturated heterocycles. The molecule has 2 fully saturated rings. The van der Waals surface area contributed by atoms with Crippen LogP contribution >= 0.6 is 0 Å². The van der Waals surface area contributed by atoms with Crippen LogP contribution in [0.3, 0.4) is 0 Å². The number of carbonyl (C=O) groups is 4. The lowest BCUT2D eigenvalue weighted by Crippen LogP contribution is -2.54. The third kappa shape index (κ3) is 4.32. The molecule has 3 aliphatic rings. The standard InChI is InChI=1S/C25H25N3O6/c29-21-9-8-19(23(30)26-21)28-24(31)18-2-1-3-20(22(18)25(28)32)34-15-17-6-4-16(5-7-17)14-27-10-12-33-13-11-27/h1-7,19H,8-15H2,(H,26,29,30)/t19-/m1/s1. The quantitative estimate of drug-likeness (QED) is 0.648. The van der Waals surface area contributed by atoms with E-state index in [9.17, 15) is 19.2 Å². The molecule has 0 unspecified atom stereocenters. The van der Waals surface area contributed by atoms with Gasteiger partial charge < -0.3 is 9.47 Å². The number of amides is 4. The monoisotopic (exact) mass is 463 g/mol. The highest BCUT2D eigenvalue weighted by molar-refractivity contribution is 6.24. The van der Waals surface area contributed by atoms with E-state index >= 15 is 0 Å². The molecule has 1 N–H and O–H groups in total. The lowest BCUT2D eigenvalue weighted by Gasteiger charge is -2.27. The summed E-state index contributed by atoms with van der Waals surface area (Å²) in [5.74, 6) is -1.87. The Morgan fingerprint density at radius 3 is 2.41 bits per heavy atom. The molecule has 2 aromatic carbocycles. The first-order chi connectivity index (χ1) is 16.5. The average Bonchev–Trinajstić information content (AvgIpc) is 3.10. The number of carbonyl (C=O) groups excluding carboxylic acids is 4. The first-order valence-electron chi connectivity index (χ1n) is 11.4. The van der Waals surface area contributed by atoms with Gasteiger partial charge in [-0.25, -0.2) is 0 Å². The van der Waals surface area contributed by atoms with E-state index in [1.54, 1.807) is 18.2 Å². The summed E-state index contributed by atoms with van der Waals surface area (Å²) in [6.45, 7) is 4.46. The molecular formula is C25H25N3O6. The molecule has 176 valence electrons. The van der Waals surface area contributed by atoms with E-state index in [1.807, 2.05) is 12.1 Å². The smallest absolute Gasteiger partial charge is 0.266 e. The number of morpholine rings is 1. The summed E-state index contributed by atoms with van der Waals surface area (Å²) in [6.07, 6.45) is 0.192. The molecule has 0 saturated carbocycles. The van der Waals surface area contributed by atoms with Gasteiger partial charge in [0.1, 0.15) is 18.4 Å². The summed E-state index contributed by atoms with van der Waals surface area (Å²) in [4.78, 5) is 53.1. The van der Waals surface area contributed by atoms with Gasteiger partial charge in [0.05, 0.1) is 24.3 Å². The van der Waals surface area contributed by atoms with Crippen LogP contribution in [0.1, 0.15) is 44.7 Å². The number of ether oxygens (including phenoxy) is 2. The molecule has 0 bridgehead atoms. The Morgan fingerprint density at radius 2 is 1.68 bits per heavy atom. The summed E-state index contributed by atoms with van der Waals surface area (Å²) in [5.41, 5.74) is 2.49. The minimum Gasteiger partial charge on any atom is -0.488 e. The van der Waals surface area contributed by atoms with Gasteiger partial charge in [0.25, 0.3) is 11.8 Å². The number of hydrogen-bond acceptors (Lipinski definition) is 7. The first-order valence-corrected chi connectivity index (χ1v) is 11.4. The molecule has 0 radical (unpaired) electrons. The van der Waals surface area contributed by atoms with Gasteiger partial charge in [0.2, 0.25) is 11.8 Å². The van der Waals surface area contributed by atoms with Gasteiger partial charge in [-0.15, -0.1) is 0 Å². The molecule has 0 aromatic heterocycles. The molecule has 0 spiro atoms. The van der Waals surface area contributed by atoms with Crippen LogP contribution in [0, 0.1) is 0 Å². The van der Waals surface area contributed by atoms with Gasteiger partial charge in [-0.1, -0.05) is 30.3 Å². The summed E-state index contributed by atoms with van der Waals surface area (Å²) in [6, 6.07) is 11.9. The molecule has 3 aliphatic heterocycles. The highest BCUT2D eigenvalue weighted by atomic mass is 16.5. The van der Waals surface area contributed by atoms with Gasteiger partial charge >= 0.3 is 0 Å². The molecule has 9 nitrogen and oxygen atoms in total. The molecular weight excluding hydrogens is 438 g/mol. The van der Waals surface area contributed by atoms with Gasteiger partial charge in [0, 0.05) is 26.1 Å². The average molecular weight is 463 g/mol. The third-order valence-corrected chi connectivity index (χ3v) is 6.36. The molecule has 0 aliphatic carbocycles. The van der Waals surface area contributed by atoms with Crippen molar-refractivity contribution in [1.29, 1.82) is 0 Å². The van der Waals surface area contributed by atoms with Crippen LogP contribution in [0.25, 0.3) is 0 Å². The first kappa shape index (κ1) is 22.2.